The van der Waals surface area contributed by atoms with Gasteiger partial charge in [-0.1, -0.05) is 18.2 Å². The van der Waals surface area contributed by atoms with E-state index in [1.165, 1.54) is 4.90 Å². The van der Waals surface area contributed by atoms with Crippen molar-refractivity contribution in [1.82, 2.24) is 16.0 Å². The fourth-order valence-electron chi connectivity index (χ4n) is 1.85. The second-order valence-corrected chi connectivity index (χ2v) is 6.29. The summed E-state index contributed by atoms with van der Waals surface area (Å²) in [5, 5.41) is 9.34. The number of rotatable bonds is 8. The molecule has 2 rings (SSSR count). The molecular weight excluding hydrogens is 296 g/mol. The van der Waals surface area contributed by atoms with Crippen LogP contribution in [0.5, 0.6) is 0 Å². The number of aliphatic imine (C=N–C) groups is 1. The van der Waals surface area contributed by atoms with Gasteiger partial charge >= 0.3 is 0 Å². The molecule has 0 radical (unpaired) electrons. The molecule has 0 unspecified atom stereocenters. The van der Waals surface area contributed by atoms with E-state index in [0.29, 0.717) is 12.0 Å². The maximum atomic E-state index is 11.6. The van der Waals surface area contributed by atoms with E-state index in [4.69, 9.17) is 0 Å². The fourth-order valence-corrected chi connectivity index (χ4v) is 2.64. The predicted molar refractivity (Wildman–Crippen MR) is 92.3 cm³/mol. The zero-order valence-electron chi connectivity index (χ0n) is 13.0. The molecule has 0 aromatic heterocycles. The summed E-state index contributed by atoms with van der Waals surface area (Å²) in [6.45, 7) is 3.77. The van der Waals surface area contributed by atoms with Crippen molar-refractivity contribution >= 4 is 23.6 Å². The molecule has 0 saturated heterocycles. The number of carbonyl (C=O) groups excluding carboxylic acids is 1. The Bertz CT molecular complexity index is 488. The van der Waals surface area contributed by atoms with Gasteiger partial charge in [-0.25, -0.2) is 4.99 Å². The van der Waals surface area contributed by atoms with E-state index in [1.807, 2.05) is 25.1 Å². The summed E-state index contributed by atoms with van der Waals surface area (Å²) in [6, 6.07) is 10.7. The van der Waals surface area contributed by atoms with Crippen LogP contribution in [0.2, 0.25) is 0 Å². The number of carbonyl (C=O) groups is 1. The van der Waals surface area contributed by atoms with Gasteiger partial charge in [0.25, 0.3) is 0 Å². The third-order valence-corrected chi connectivity index (χ3v) is 4.09. The van der Waals surface area contributed by atoms with Crippen molar-refractivity contribution < 1.29 is 4.79 Å². The molecule has 120 valence electrons. The largest absolute Gasteiger partial charge is 0.357 e. The number of hydrogen-bond acceptors (Lipinski definition) is 3. The lowest BCUT2D eigenvalue weighted by atomic mass is 10.4. The Morgan fingerprint density at radius 1 is 1.27 bits per heavy atom. The second kappa shape index (κ2) is 9.35. The second-order valence-electron chi connectivity index (χ2n) is 5.13. The van der Waals surface area contributed by atoms with Gasteiger partial charge in [0.15, 0.2) is 5.96 Å². The zero-order chi connectivity index (χ0) is 15.6. The smallest absolute Gasteiger partial charge is 0.242 e. The Balaban J connectivity index is 1.67. The minimum Gasteiger partial charge on any atom is -0.357 e. The summed E-state index contributed by atoms with van der Waals surface area (Å²) < 4.78 is 0. The molecule has 0 atom stereocenters. The van der Waals surface area contributed by atoms with Gasteiger partial charge in [-0.2, -0.15) is 0 Å². The minimum absolute atomic E-state index is 0.00152. The highest BCUT2D eigenvalue weighted by Crippen LogP contribution is 2.18. The molecule has 1 aliphatic rings. The number of benzene rings is 1. The maximum absolute atomic E-state index is 11.6. The molecule has 5 nitrogen and oxygen atoms in total. The number of hydrogen-bond donors (Lipinski definition) is 3. The molecule has 0 heterocycles. The molecule has 1 aliphatic carbocycles. The number of amides is 1. The van der Waals surface area contributed by atoms with Gasteiger partial charge in [0.2, 0.25) is 5.91 Å². The van der Waals surface area contributed by atoms with E-state index in [-0.39, 0.29) is 12.5 Å². The van der Waals surface area contributed by atoms with Gasteiger partial charge in [-0.3, -0.25) is 4.79 Å². The van der Waals surface area contributed by atoms with E-state index >= 15 is 0 Å². The highest BCUT2D eigenvalue weighted by atomic mass is 32.2. The first-order valence-corrected chi connectivity index (χ1v) is 8.76. The molecule has 0 spiro atoms. The first-order chi connectivity index (χ1) is 10.8. The van der Waals surface area contributed by atoms with E-state index in [1.54, 1.807) is 11.8 Å². The van der Waals surface area contributed by atoms with E-state index in [9.17, 15) is 4.79 Å². The molecule has 1 aromatic carbocycles. The first kappa shape index (κ1) is 16.7. The predicted octanol–water partition coefficient (Wildman–Crippen LogP) is 1.61. The van der Waals surface area contributed by atoms with E-state index in [0.717, 1.165) is 31.7 Å². The monoisotopic (exact) mass is 320 g/mol. The lowest BCUT2D eigenvalue weighted by molar-refractivity contribution is -0.119. The quantitative estimate of drug-likeness (QED) is 0.295. The van der Waals surface area contributed by atoms with Gasteiger partial charge in [0.1, 0.15) is 6.54 Å². The molecule has 3 N–H and O–H groups in total. The Labute approximate surface area is 136 Å². The van der Waals surface area contributed by atoms with Crippen LogP contribution >= 0.6 is 11.8 Å². The summed E-state index contributed by atoms with van der Waals surface area (Å²) in [4.78, 5) is 17.2. The Hall–Kier alpha value is -1.69. The summed E-state index contributed by atoms with van der Waals surface area (Å²) in [5.41, 5.74) is 0. The molecule has 1 aromatic rings. The van der Waals surface area contributed by atoms with Crippen LogP contribution in [0.3, 0.4) is 0 Å². The van der Waals surface area contributed by atoms with E-state index < -0.39 is 0 Å². The van der Waals surface area contributed by atoms with Crippen LogP contribution in [0, 0.1) is 0 Å². The molecule has 1 amide bonds. The summed E-state index contributed by atoms with van der Waals surface area (Å²) in [7, 11) is 0. The normalized spacial score (nSPS) is 14.5. The van der Waals surface area contributed by atoms with Crippen LogP contribution in [0.15, 0.2) is 40.2 Å². The first-order valence-electron chi connectivity index (χ1n) is 7.77. The van der Waals surface area contributed by atoms with Gasteiger partial charge in [-0.05, 0) is 31.9 Å². The summed E-state index contributed by atoms with van der Waals surface area (Å²) >= 11 is 1.80. The lowest BCUT2D eigenvalue weighted by Gasteiger charge is -2.11. The summed E-state index contributed by atoms with van der Waals surface area (Å²) in [5.74, 6) is 1.64. The molecule has 0 aliphatic heterocycles. The van der Waals surface area contributed by atoms with Crippen molar-refractivity contribution in [3.63, 3.8) is 0 Å². The van der Waals surface area contributed by atoms with Crippen LogP contribution in [0.1, 0.15) is 19.8 Å². The van der Waals surface area contributed by atoms with Crippen molar-refractivity contribution in [1.29, 1.82) is 0 Å². The van der Waals surface area contributed by atoms with E-state index in [2.05, 4.69) is 33.1 Å². The number of guanidine groups is 1. The average Bonchev–Trinajstić information content (AvgIpc) is 3.34. The zero-order valence-corrected chi connectivity index (χ0v) is 13.8. The molecule has 0 bridgehead atoms. The van der Waals surface area contributed by atoms with Crippen LogP contribution in [-0.2, 0) is 4.79 Å². The fraction of sp³-hybridized carbons (Fsp3) is 0.500. The Morgan fingerprint density at radius 2 is 2.05 bits per heavy atom. The molecule has 1 saturated carbocycles. The van der Waals surface area contributed by atoms with Gasteiger partial charge in [0.05, 0.1) is 0 Å². The highest BCUT2D eigenvalue weighted by Gasteiger charge is 2.22. The Morgan fingerprint density at radius 3 is 2.73 bits per heavy atom. The topological polar surface area (TPSA) is 65.5 Å². The number of nitrogens with zero attached hydrogens (tertiary/aromatic N) is 1. The summed E-state index contributed by atoms with van der Waals surface area (Å²) in [6.07, 6.45) is 2.20. The molecule has 22 heavy (non-hydrogen) atoms. The molecular formula is C16H24N4OS. The van der Waals surface area contributed by atoms with Crippen molar-refractivity contribution in [2.45, 2.75) is 30.7 Å². The van der Waals surface area contributed by atoms with Gasteiger partial charge in [-0.15, -0.1) is 11.8 Å². The average molecular weight is 320 g/mol. The highest BCUT2D eigenvalue weighted by molar-refractivity contribution is 7.99. The van der Waals surface area contributed by atoms with Crippen LogP contribution < -0.4 is 16.0 Å². The van der Waals surface area contributed by atoms with Crippen molar-refractivity contribution in [2.24, 2.45) is 4.99 Å². The van der Waals surface area contributed by atoms with Crippen molar-refractivity contribution in [3.8, 4) is 0 Å². The van der Waals surface area contributed by atoms with Crippen molar-refractivity contribution in [2.75, 3.05) is 25.4 Å². The van der Waals surface area contributed by atoms with Gasteiger partial charge < -0.3 is 16.0 Å². The number of thioether (sulfide) groups is 1. The number of nitrogens with one attached hydrogen (secondary N) is 3. The molecule has 6 heteroatoms. The third kappa shape index (κ3) is 6.85. The van der Waals surface area contributed by atoms with Crippen LogP contribution in [-0.4, -0.2) is 43.3 Å². The Kier molecular flexibility index (Phi) is 7.09. The standard InChI is InChI=1S/C16H24N4OS/c1-2-17-16(19-12-15(21)20-13-8-9-13)18-10-11-22-14-6-4-3-5-7-14/h3-7,13H,2,8-12H2,1H3,(H,20,21)(H2,17,18,19). The molecule has 1 fully saturated rings. The minimum atomic E-state index is -0.00152. The van der Waals surface area contributed by atoms with Crippen LogP contribution in [0.25, 0.3) is 0 Å². The van der Waals surface area contributed by atoms with Crippen molar-refractivity contribution in [3.05, 3.63) is 30.3 Å². The van der Waals surface area contributed by atoms with Crippen LogP contribution in [0.4, 0.5) is 0 Å². The SMILES string of the molecule is CCNC(=NCC(=O)NC1CC1)NCCSc1ccccc1. The third-order valence-electron chi connectivity index (χ3n) is 3.07. The lowest BCUT2D eigenvalue weighted by Crippen LogP contribution is -2.39. The van der Waals surface area contributed by atoms with Gasteiger partial charge in [0, 0.05) is 29.8 Å². The maximum Gasteiger partial charge on any atom is 0.242 e.